The first-order valence-corrected chi connectivity index (χ1v) is 6.99. The Balaban J connectivity index is 2.03. The molecule has 3 rings (SSSR count). The van der Waals surface area contributed by atoms with E-state index in [-0.39, 0.29) is 0 Å². The van der Waals surface area contributed by atoms with Crippen molar-refractivity contribution < 1.29 is 0 Å². The fourth-order valence-electron chi connectivity index (χ4n) is 1.94. The molecule has 0 spiro atoms. The SMILES string of the molecule is Cc1ncc(Cn2ccc3ccc(Br)cc32)s1. The number of halogens is 1. The highest BCUT2D eigenvalue weighted by atomic mass is 79.9. The third-order valence-electron chi connectivity index (χ3n) is 2.73. The molecule has 0 bridgehead atoms. The number of nitrogens with zero attached hydrogens (tertiary/aromatic N) is 2. The Labute approximate surface area is 112 Å². The average Bonchev–Trinajstić information content (AvgIpc) is 2.87. The number of hydrogen-bond acceptors (Lipinski definition) is 2. The second-order valence-electron chi connectivity index (χ2n) is 3.99. The predicted octanol–water partition coefficient (Wildman–Crippen LogP) is 4.22. The zero-order chi connectivity index (χ0) is 11.8. The van der Waals surface area contributed by atoms with E-state index in [2.05, 4.69) is 55.9 Å². The van der Waals surface area contributed by atoms with E-state index in [0.717, 1.165) is 16.0 Å². The van der Waals surface area contributed by atoms with Gasteiger partial charge < -0.3 is 4.57 Å². The molecule has 0 saturated carbocycles. The molecule has 0 radical (unpaired) electrons. The number of aromatic nitrogens is 2. The van der Waals surface area contributed by atoms with Crippen LogP contribution in [0.15, 0.2) is 41.1 Å². The van der Waals surface area contributed by atoms with Crippen LogP contribution in [-0.4, -0.2) is 9.55 Å². The van der Waals surface area contributed by atoms with Crippen molar-refractivity contribution >= 4 is 38.2 Å². The lowest BCUT2D eigenvalue weighted by Gasteiger charge is -2.03. The van der Waals surface area contributed by atoms with Gasteiger partial charge in [0.15, 0.2) is 0 Å². The topological polar surface area (TPSA) is 17.8 Å². The summed E-state index contributed by atoms with van der Waals surface area (Å²) >= 11 is 5.27. The van der Waals surface area contributed by atoms with Crippen molar-refractivity contribution in [2.24, 2.45) is 0 Å². The van der Waals surface area contributed by atoms with Gasteiger partial charge in [0.05, 0.1) is 11.6 Å². The number of rotatable bonds is 2. The maximum atomic E-state index is 4.29. The fourth-order valence-corrected chi connectivity index (χ4v) is 3.08. The summed E-state index contributed by atoms with van der Waals surface area (Å²) in [5, 5.41) is 2.40. The third-order valence-corrected chi connectivity index (χ3v) is 4.12. The highest BCUT2D eigenvalue weighted by Gasteiger charge is 2.04. The van der Waals surface area contributed by atoms with Gasteiger partial charge in [-0.25, -0.2) is 4.98 Å². The summed E-state index contributed by atoms with van der Waals surface area (Å²) in [6, 6.07) is 8.51. The van der Waals surface area contributed by atoms with E-state index in [1.165, 1.54) is 15.8 Å². The van der Waals surface area contributed by atoms with Gasteiger partial charge in [0, 0.05) is 27.3 Å². The Kier molecular flexibility index (Phi) is 2.76. The Morgan fingerprint density at radius 3 is 3.00 bits per heavy atom. The lowest BCUT2D eigenvalue weighted by Crippen LogP contribution is -1.95. The number of benzene rings is 1. The second kappa shape index (κ2) is 4.27. The molecule has 3 aromatic rings. The molecule has 4 heteroatoms. The molecule has 86 valence electrons. The quantitative estimate of drug-likeness (QED) is 0.693. The van der Waals surface area contributed by atoms with E-state index in [0.29, 0.717) is 0 Å². The Morgan fingerprint density at radius 1 is 1.35 bits per heavy atom. The van der Waals surface area contributed by atoms with Crippen LogP contribution in [0.3, 0.4) is 0 Å². The Morgan fingerprint density at radius 2 is 2.24 bits per heavy atom. The number of hydrogen-bond donors (Lipinski definition) is 0. The summed E-state index contributed by atoms with van der Waals surface area (Å²) in [6.45, 7) is 2.93. The summed E-state index contributed by atoms with van der Waals surface area (Å²) in [6.07, 6.45) is 4.09. The molecule has 2 nitrogen and oxygen atoms in total. The molecule has 2 aromatic heterocycles. The van der Waals surface area contributed by atoms with Crippen LogP contribution in [0.4, 0.5) is 0 Å². The molecule has 0 N–H and O–H groups in total. The van der Waals surface area contributed by atoms with Gasteiger partial charge in [-0.15, -0.1) is 11.3 Å². The monoisotopic (exact) mass is 306 g/mol. The second-order valence-corrected chi connectivity index (χ2v) is 6.23. The zero-order valence-electron chi connectivity index (χ0n) is 9.35. The normalized spacial score (nSPS) is 11.2. The average molecular weight is 307 g/mol. The van der Waals surface area contributed by atoms with Crippen molar-refractivity contribution in [3.8, 4) is 0 Å². The van der Waals surface area contributed by atoms with Crippen molar-refractivity contribution in [3.63, 3.8) is 0 Å². The molecule has 0 amide bonds. The minimum Gasteiger partial charge on any atom is -0.342 e. The van der Waals surface area contributed by atoms with Gasteiger partial charge >= 0.3 is 0 Å². The van der Waals surface area contributed by atoms with Crippen molar-refractivity contribution in [3.05, 3.63) is 51.0 Å². The van der Waals surface area contributed by atoms with Crippen LogP contribution in [0.25, 0.3) is 10.9 Å². The lowest BCUT2D eigenvalue weighted by molar-refractivity contribution is 0.849. The van der Waals surface area contributed by atoms with E-state index >= 15 is 0 Å². The van der Waals surface area contributed by atoms with Crippen molar-refractivity contribution in [2.45, 2.75) is 13.5 Å². The van der Waals surface area contributed by atoms with E-state index < -0.39 is 0 Å². The van der Waals surface area contributed by atoms with Gasteiger partial charge in [-0.3, -0.25) is 0 Å². The van der Waals surface area contributed by atoms with Gasteiger partial charge in [-0.1, -0.05) is 22.0 Å². The van der Waals surface area contributed by atoms with Gasteiger partial charge in [0.1, 0.15) is 0 Å². The van der Waals surface area contributed by atoms with Gasteiger partial charge in [0.2, 0.25) is 0 Å². The van der Waals surface area contributed by atoms with Gasteiger partial charge in [-0.2, -0.15) is 0 Å². The van der Waals surface area contributed by atoms with E-state index in [9.17, 15) is 0 Å². The molecule has 0 saturated heterocycles. The lowest BCUT2D eigenvalue weighted by atomic mass is 10.2. The molecule has 0 atom stereocenters. The smallest absolute Gasteiger partial charge is 0.0897 e. The maximum Gasteiger partial charge on any atom is 0.0897 e. The zero-order valence-corrected chi connectivity index (χ0v) is 11.8. The summed E-state index contributed by atoms with van der Waals surface area (Å²) < 4.78 is 3.37. The van der Waals surface area contributed by atoms with Crippen molar-refractivity contribution in [2.75, 3.05) is 0 Å². The predicted molar refractivity (Wildman–Crippen MR) is 75.6 cm³/mol. The van der Waals surface area contributed by atoms with E-state index in [1.807, 2.05) is 13.1 Å². The molecule has 0 aliphatic rings. The summed E-state index contributed by atoms with van der Waals surface area (Å²) in [4.78, 5) is 5.58. The first-order valence-electron chi connectivity index (χ1n) is 5.38. The third kappa shape index (κ3) is 2.15. The van der Waals surface area contributed by atoms with Gasteiger partial charge in [0.25, 0.3) is 0 Å². The van der Waals surface area contributed by atoms with Crippen LogP contribution in [0.2, 0.25) is 0 Å². The fraction of sp³-hybridized carbons (Fsp3) is 0.154. The molecule has 1 aromatic carbocycles. The van der Waals surface area contributed by atoms with E-state index in [1.54, 1.807) is 11.3 Å². The maximum absolute atomic E-state index is 4.29. The Bertz CT molecular complexity index is 669. The first kappa shape index (κ1) is 11.0. The molecular formula is C13H11BrN2S. The minimum atomic E-state index is 0.894. The number of fused-ring (bicyclic) bond motifs is 1. The summed E-state index contributed by atoms with van der Waals surface area (Å²) in [5.41, 5.74) is 1.26. The van der Waals surface area contributed by atoms with Crippen molar-refractivity contribution in [1.82, 2.24) is 9.55 Å². The van der Waals surface area contributed by atoms with Crippen LogP contribution in [0.5, 0.6) is 0 Å². The molecular weight excluding hydrogens is 296 g/mol. The molecule has 2 heterocycles. The van der Waals surface area contributed by atoms with Crippen LogP contribution in [0, 0.1) is 6.92 Å². The largest absolute Gasteiger partial charge is 0.342 e. The summed E-state index contributed by atoms with van der Waals surface area (Å²) in [5.74, 6) is 0. The molecule has 0 unspecified atom stereocenters. The minimum absolute atomic E-state index is 0.894. The van der Waals surface area contributed by atoms with Crippen LogP contribution >= 0.6 is 27.3 Å². The molecule has 0 aliphatic carbocycles. The van der Waals surface area contributed by atoms with Crippen LogP contribution < -0.4 is 0 Å². The first-order chi connectivity index (χ1) is 8.22. The highest BCUT2D eigenvalue weighted by Crippen LogP contribution is 2.23. The number of aryl methyl sites for hydroxylation is 1. The van der Waals surface area contributed by atoms with Crippen molar-refractivity contribution in [1.29, 1.82) is 0 Å². The molecule has 0 aliphatic heterocycles. The van der Waals surface area contributed by atoms with E-state index in [4.69, 9.17) is 0 Å². The molecule has 17 heavy (non-hydrogen) atoms. The Hall–Kier alpha value is -1.13. The molecule has 0 fully saturated rings. The van der Waals surface area contributed by atoms with Crippen LogP contribution in [-0.2, 0) is 6.54 Å². The van der Waals surface area contributed by atoms with Crippen LogP contribution in [0.1, 0.15) is 9.88 Å². The standard InChI is InChI=1S/C13H11BrN2S/c1-9-15-7-12(17-9)8-16-5-4-10-2-3-11(14)6-13(10)16/h2-7H,8H2,1H3. The van der Waals surface area contributed by atoms with Gasteiger partial charge in [-0.05, 0) is 30.5 Å². The summed E-state index contributed by atoms with van der Waals surface area (Å²) in [7, 11) is 0. The number of thiazole rings is 1. The highest BCUT2D eigenvalue weighted by molar-refractivity contribution is 9.10.